The van der Waals surface area contributed by atoms with Crippen LogP contribution in [0.4, 0.5) is 0 Å². The Morgan fingerprint density at radius 2 is 2.45 bits per heavy atom. The molecule has 11 heavy (non-hydrogen) atoms. The van der Waals surface area contributed by atoms with Crippen molar-refractivity contribution in [2.45, 2.75) is 18.5 Å². The average Bonchev–Trinajstić information content (AvgIpc) is 2.03. The fourth-order valence-corrected chi connectivity index (χ4v) is 1.90. The molecule has 0 aromatic rings. The second-order valence-electron chi connectivity index (χ2n) is 2.34. The number of carbonyl (C=O) groups is 1. The second kappa shape index (κ2) is 3.79. The van der Waals surface area contributed by atoms with Gasteiger partial charge in [-0.05, 0) is 4.57 Å². The Kier molecular flexibility index (Phi) is 2.97. The largest absolute Gasteiger partial charge is 0.511 e. The van der Waals surface area contributed by atoms with Gasteiger partial charge in [-0.25, -0.2) is 0 Å². The maximum Gasteiger partial charge on any atom is 0.511 e. The minimum absolute atomic E-state index is 0.142. The minimum Gasteiger partial charge on any atom is -0.465 e. The van der Waals surface area contributed by atoms with Gasteiger partial charge in [-0.1, -0.05) is 0 Å². The van der Waals surface area contributed by atoms with E-state index in [1.807, 2.05) is 0 Å². The van der Waals surface area contributed by atoms with Crippen molar-refractivity contribution in [3.8, 4) is 0 Å². The molecule has 1 aliphatic rings. The number of ether oxygens (including phenoxy) is 1. The summed E-state index contributed by atoms with van der Waals surface area (Å²) in [5, 5.41) is 0. The number of esters is 1. The number of carbonyl (C=O) groups excluding carboxylic acids is 1. The number of hydrogen-bond acceptors (Lipinski definition) is 4. The normalized spacial score (nSPS) is 26.1. The molecule has 0 aliphatic carbocycles. The number of cyclic esters (lactones) is 1. The first-order valence-electron chi connectivity index (χ1n) is 3.40. The molecule has 1 rings (SSSR count). The van der Waals surface area contributed by atoms with Gasteiger partial charge < -0.3 is 4.74 Å². The van der Waals surface area contributed by atoms with Crippen molar-refractivity contribution >= 4 is 14.0 Å². The summed E-state index contributed by atoms with van der Waals surface area (Å²) in [5.74, 6) is -0.276. The van der Waals surface area contributed by atoms with Gasteiger partial charge in [0.05, 0.1) is 20.1 Å². The maximum absolute atomic E-state index is 11.0. The maximum atomic E-state index is 11.0. The van der Waals surface area contributed by atoms with Crippen LogP contribution in [0.3, 0.4) is 0 Å². The molecule has 0 amide bonds. The van der Waals surface area contributed by atoms with Crippen molar-refractivity contribution in [2.24, 2.45) is 0 Å². The van der Waals surface area contributed by atoms with Gasteiger partial charge in [-0.2, -0.15) is 0 Å². The van der Waals surface area contributed by atoms with Crippen LogP contribution in [0.1, 0.15) is 12.8 Å². The summed E-state index contributed by atoms with van der Waals surface area (Å²) in [6.07, 6.45) is 0.873. The summed E-state index contributed by atoms with van der Waals surface area (Å²) in [4.78, 5) is 10.7. The van der Waals surface area contributed by atoms with Crippen LogP contribution in [0, 0.1) is 0 Å². The molecule has 0 spiro atoms. The first-order valence-corrected chi connectivity index (χ1v) is 4.65. The van der Waals surface area contributed by atoms with Gasteiger partial charge in [-0.3, -0.25) is 4.79 Å². The smallest absolute Gasteiger partial charge is 0.465 e. The van der Waals surface area contributed by atoms with Crippen LogP contribution in [0.25, 0.3) is 0 Å². The Hall–Kier alpha value is -0.470. The Morgan fingerprint density at radius 3 is 3.00 bits per heavy atom. The van der Waals surface area contributed by atoms with E-state index in [2.05, 4.69) is 9.26 Å². The number of hydrogen-bond donors (Lipinski definition) is 0. The van der Waals surface area contributed by atoms with E-state index in [1.54, 1.807) is 0 Å². The lowest BCUT2D eigenvalue weighted by molar-refractivity contribution is -0.146. The van der Waals surface area contributed by atoms with Gasteiger partial charge >= 0.3 is 14.0 Å². The van der Waals surface area contributed by atoms with Crippen LogP contribution in [0.5, 0.6) is 0 Å². The minimum atomic E-state index is -1.67. The molecule has 0 N–H and O–H groups in total. The van der Waals surface area contributed by atoms with Crippen LogP contribution < -0.4 is 0 Å². The fraction of sp³-hybridized carbons (Fsp3) is 0.833. The lowest BCUT2D eigenvalue weighted by Crippen LogP contribution is -2.22. The summed E-state index contributed by atoms with van der Waals surface area (Å²) in [7, 11) is -0.286. The van der Waals surface area contributed by atoms with Gasteiger partial charge in [0, 0.05) is 6.42 Å². The molecule has 0 aromatic heterocycles. The summed E-state index contributed by atoms with van der Waals surface area (Å²) < 4.78 is 20.3. The van der Waals surface area contributed by atoms with Crippen molar-refractivity contribution in [3.05, 3.63) is 0 Å². The molecule has 0 saturated carbocycles. The van der Waals surface area contributed by atoms with Crippen molar-refractivity contribution in [2.75, 3.05) is 13.7 Å². The first kappa shape index (κ1) is 8.62. The molecule has 1 saturated heterocycles. The zero-order valence-corrected chi connectivity index (χ0v) is 7.17. The van der Waals surface area contributed by atoms with Crippen LogP contribution in [-0.4, -0.2) is 25.3 Å². The Labute approximate surface area is 65.7 Å². The summed E-state index contributed by atoms with van der Waals surface area (Å²) in [5.41, 5.74) is -0.142. The van der Waals surface area contributed by atoms with E-state index in [1.165, 1.54) is 7.11 Å². The molecule has 0 radical (unpaired) electrons. The lowest BCUT2D eigenvalue weighted by Gasteiger charge is -2.11. The summed E-state index contributed by atoms with van der Waals surface area (Å²) in [6.45, 7) is 0.369. The predicted molar refractivity (Wildman–Crippen MR) is 38.6 cm³/mol. The Morgan fingerprint density at radius 1 is 1.73 bits per heavy atom. The third-order valence-corrected chi connectivity index (χ3v) is 2.99. The first-order chi connectivity index (χ1) is 5.24. The molecule has 2 atom stereocenters. The predicted octanol–water partition coefficient (Wildman–Crippen LogP) is 1.08. The van der Waals surface area contributed by atoms with E-state index in [0.29, 0.717) is 13.0 Å². The zero-order chi connectivity index (χ0) is 8.27. The zero-order valence-electron chi connectivity index (χ0n) is 6.28. The number of rotatable bonds is 2. The third kappa shape index (κ3) is 2.24. The van der Waals surface area contributed by atoms with Gasteiger partial charge in [-0.15, -0.1) is 4.52 Å². The molecule has 0 aromatic carbocycles. The van der Waals surface area contributed by atoms with Crippen LogP contribution >= 0.6 is 8.03 Å². The highest BCUT2D eigenvalue weighted by Crippen LogP contribution is 2.34. The van der Waals surface area contributed by atoms with Gasteiger partial charge in [0.25, 0.3) is 0 Å². The third-order valence-electron chi connectivity index (χ3n) is 1.59. The topological polar surface area (TPSA) is 52.6 Å². The molecule has 5 heteroatoms. The van der Waals surface area contributed by atoms with Crippen LogP contribution in [0.2, 0.25) is 0 Å². The summed E-state index contributed by atoms with van der Waals surface area (Å²) in [6, 6.07) is 0. The fourth-order valence-electron chi connectivity index (χ4n) is 0.991. The summed E-state index contributed by atoms with van der Waals surface area (Å²) >= 11 is 0. The van der Waals surface area contributed by atoms with E-state index in [9.17, 15) is 9.36 Å². The molecular formula is C6H10O4P+. The van der Waals surface area contributed by atoms with Crippen molar-refractivity contribution < 1.29 is 18.6 Å². The SMILES string of the molecule is CO[P+](=O)C1CCOC(=O)C1. The highest BCUT2D eigenvalue weighted by Gasteiger charge is 2.37. The van der Waals surface area contributed by atoms with E-state index in [0.717, 1.165) is 0 Å². The van der Waals surface area contributed by atoms with Gasteiger partial charge in [0.1, 0.15) is 0 Å². The monoisotopic (exact) mass is 177 g/mol. The molecular weight excluding hydrogens is 167 g/mol. The molecule has 1 fully saturated rings. The molecule has 62 valence electrons. The average molecular weight is 177 g/mol. The standard InChI is InChI=1S/C6H10O4P/c1-9-11(8)5-2-3-10-6(7)4-5/h5H,2-4H2,1H3/q+1. The van der Waals surface area contributed by atoms with Crippen LogP contribution in [0.15, 0.2) is 0 Å². The van der Waals surface area contributed by atoms with E-state index in [-0.39, 0.29) is 18.0 Å². The molecule has 0 bridgehead atoms. The Bertz CT molecular complexity index is 179. The van der Waals surface area contributed by atoms with E-state index in [4.69, 9.17) is 0 Å². The molecule has 1 heterocycles. The van der Waals surface area contributed by atoms with Gasteiger partial charge in [0.15, 0.2) is 0 Å². The van der Waals surface area contributed by atoms with Crippen molar-refractivity contribution in [1.29, 1.82) is 0 Å². The molecule has 2 unspecified atom stereocenters. The molecule has 4 nitrogen and oxygen atoms in total. The van der Waals surface area contributed by atoms with Crippen LogP contribution in [-0.2, 0) is 18.6 Å². The quantitative estimate of drug-likeness (QED) is 0.467. The highest BCUT2D eigenvalue weighted by molar-refractivity contribution is 7.40. The van der Waals surface area contributed by atoms with E-state index >= 15 is 0 Å². The van der Waals surface area contributed by atoms with Crippen molar-refractivity contribution in [1.82, 2.24) is 0 Å². The Balaban J connectivity index is 2.45. The van der Waals surface area contributed by atoms with E-state index < -0.39 is 8.03 Å². The van der Waals surface area contributed by atoms with Gasteiger partial charge in [0.2, 0.25) is 5.66 Å². The lowest BCUT2D eigenvalue weighted by atomic mass is 10.2. The van der Waals surface area contributed by atoms with Crippen molar-refractivity contribution in [3.63, 3.8) is 0 Å². The highest BCUT2D eigenvalue weighted by atomic mass is 31.1. The second-order valence-corrected chi connectivity index (χ2v) is 4.00. The molecule has 1 aliphatic heterocycles.